The molecule has 3 rings (SSSR count). The number of carbonyl (C=O) groups is 1. The Morgan fingerprint density at radius 1 is 1.35 bits per heavy atom. The fourth-order valence-corrected chi connectivity index (χ4v) is 3.45. The van der Waals surface area contributed by atoms with Gasteiger partial charge in [0, 0.05) is 15.8 Å². The highest BCUT2D eigenvalue weighted by Gasteiger charge is 2.24. The zero-order valence-electron chi connectivity index (χ0n) is 10.2. The van der Waals surface area contributed by atoms with Crippen LogP contribution >= 0.6 is 11.6 Å². The van der Waals surface area contributed by atoms with Crippen molar-refractivity contribution in [3.63, 3.8) is 0 Å². The molecule has 0 saturated heterocycles. The molecule has 1 unspecified atom stereocenters. The number of carbonyl (C=O) groups excluding carboxylic acids is 1. The van der Waals surface area contributed by atoms with Crippen molar-refractivity contribution >= 4 is 38.3 Å². The van der Waals surface area contributed by atoms with Crippen molar-refractivity contribution in [3.8, 4) is 0 Å². The minimum atomic E-state index is -3.20. The summed E-state index contributed by atoms with van der Waals surface area (Å²) in [5.41, 5.74) is 0.550. The van der Waals surface area contributed by atoms with E-state index in [4.69, 9.17) is 16.0 Å². The van der Waals surface area contributed by atoms with Crippen molar-refractivity contribution in [2.24, 2.45) is 0 Å². The Bertz CT molecular complexity index is 822. The maximum atomic E-state index is 12.0. The minimum Gasteiger partial charge on any atom is -0.451 e. The molecule has 0 spiro atoms. The number of sulfone groups is 1. The summed E-state index contributed by atoms with van der Waals surface area (Å²) in [4.78, 5) is 12.0. The standard InChI is InChI=1S/C13H10ClNO4S/c14-9-1-2-11-8(5-9)6-12(19-11)13(16)15-10-3-4-20(17,18)7-10/h1-6,10H,7H2,(H,15,16). The molecule has 2 heterocycles. The van der Waals surface area contributed by atoms with Crippen LogP contribution in [0, 0.1) is 0 Å². The molecule has 1 aliphatic heterocycles. The highest BCUT2D eigenvalue weighted by atomic mass is 35.5. The smallest absolute Gasteiger partial charge is 0.287 e. The maximum Gasteiger partial charge on any atom is 0.287 e. The van der Waals surface area contributed by atoms with Gasteiger partial charge in [0.25, 0.3) is 5.91 Å². The molecule has 1 aliphatic rings. The molecular weight excluding hydrogens is 302 g/mol. The first-order valence-electron chi connectivity index (χ1n) is 5.84. The quantitative estimate of drug-likeness (QED) is 0.921. The lowest BCUT2D eigenvalue weighted by molar-refractivity contribution is 0.0922. The Morgan fingerprint density at radius 2 is 2.15 bits per heavy atom. The van der Waals surface area contributed by atoms with E-state index in [1.54, 1.807) is 24.3 Å². The summed E-state index contributed by atoms with van der Waals surface area (Å²) in [7, 11) is -3.20. The van der Waals surface area contributed by atoms with Gasteiger partial charge in [-0.1, -0.05) is 11.6 Å². The van der Waals surface area contributed by atoms with E-state index in [0.29, 0.717) is 10.6 Å². The van der Waals surface area contributed by atoms with Gasteiger partial charge in [-0.15, -0.1) is 0 Å². The fraction of sp³-hybridized carbons (Fsp3) is 0.154. The van der Waals surface area contributed by atoms with Crippen LogP contribution in [0.5, 0.6) is 0 Å². The molecule has 1 atom stereocenters. The third kappa shape index (κ3) is 2.57. The summed E-state index contributed by atoms with van der Waals surface area (Å²) in [6, 6.07) is 6.08. The zero-order chi connectivity index (χ0) is 14.3. The van der Waals surface area contributed by atoms with Crippen LogP contribution in [-0.4, -0.2) is 26.1 Å². The largest absolute Gasteiger partial charge is 0.451 e. The fourth-order valence-electron chi connectivity index (χ4n) is 2.03. The molecule has 0 fully saturated rings. The molecule has 0 bridgehead atoms. The molecule has 104 valence electrons. The number of nitrogens with one attached hydrogen (secondary N) is 1. The first kappa shape index (κ1) is 13.2. The Balaban J connectivity index is 1.81. The molecule has 0 aliphatic carbocycles. The van der Waals surface area contributed by atoms with Crippen molar-refractivity contribution in [2.75, 3.05) is 5.75 Å². The Kier molecular flexibility index (Phi) is 3.07. The molecule has 1 aromatic carbocycles. The lowest BCUT2D eigenvalue weighted by Crippen LogP contribution is -2.35. The van der Waals surface area contributed by atoms with E-state index in [-0.39, 0.29) is 11.5 Å². The van der Waals surface area contributed by atoms with Crippen molar-refractivity contribution in [1.82, 2.24) is 5.32 Å². The van der Waals surface area contributed by atoms with Crippen molar-refractivity contribution in [2.45, 2.75) is 6.04 Å². The van der Waals surface area contributed by atoms with Crippen LogP contribution in [0.25, 0.3) is 11.0 Å². The number of benzene rings is 1. The van der Waals surface area contributed by atoms with Gasteiger partial charge in [0.2, 0.25) is 0 Å². The average Bonchev–Trinajstić information content (AvgIpc) is 2.92. The number of amides is 1. The summed E-state index contributed by atoms with van der Waals surface area (Å²) < 4.78 is 27.9. The Morgan fingerprint density at radius 3 is 2.85 bits per heavy atom. The average molecular weight is 312 g/mol. The minimum absolute atomic E-state index is 0.120. The number of furan rings is 1. The van der Waals surface area contributed by atoms with E-state index >= 15 is 0 Å². The highest BCUT2D eigenvalue weighted by molar-refractivity contribution is 7.94. The number of halogens is 1. The Labute approximate surface area is 120 Å². The topological polar surface area (TPSA) is 76.4 Å². The molecule has 5 nitrogen and oxygen atoms in total. The van der Waals surface area contributed by atoms with Gasteiger partial charge in [-0.25, -0.2) is 8.42 Å². The first-order chi connectivity index (χ1) is 9.43. The predicted molar refractivity (Wildman–Crippen MR) is 75.4 cm³/mol. The summed E-state index contributed by atoms with van der Waals surface area (Å²) in [5.74, 6) is -0.450. The molecule has 1 amide bonds. The molecular formula is C13H10ClNO4S. The zero-order valence-corrected chi connectivity index (χ0v) is 11.7. The van der Waals surface area contributed by atoms with E-state index in [1.165, 1.54) is 6.08 Å². The number of rotatable bonds is 2. The van der Waals surface area contributed by atoms with Gasteiger partial charge < -0.3 is 9.73 Å². The third-order valence-corrected chi connectivity index (χ3v) is 4.58. The normalized spacial score (nSPS) is 20.4. The van der Waals surface area contributed by atoms with Crippen LogP contribution in [0.3, 0.4) is 0 Å². The second-order valence-corrected chi connectivity index (χ2v) is 6.90. The van der Waals surface area contributed by atoms with Gasteiger partial charge in [-0.05, 0) is 30.3 Å². The van der Waals surface area contributed by atoms with E-state index < -0.39 is 21.8 Å². The second-order valence-electron chi connectivity index (χ2n) is 4.53. The van der Waals surface area contributed by atoms with Crippen molar-refractivity contribution in [3.05, 3.63) is 46.5 Å². The van der Waals surface area contributed by atoms with Crippen LogP contribution in [0.4, 0.5) is 0 Å². The molecule has 20 heavy (non-hydrogen) atoms. The molecule has 1 N–H and O–H groups in total. The summed E-state index contributed by atoms with van der Waals surface area (Å²) in [6.07, 6.45) is 1.45. The number of hydrogen-bond acceptors (Lipinski definition) is 4. The number of fused-ring (bicyclic) bond motifs is 1. The number of hydrogen-bond donors (Lipinski definition) is 1. The second kappa shape index (κ2) is 4.64. The van der Waals surface area contributed by atoms with Crippen LogP contribution in [0.1, 0.15) is 10.6 Å². The lowest BCUT2D eigenvalue weighted by Gasteiger charge is -2.07. The van der Waals surface area contributed by atoms with E-state index in [1.807, 2.05) is 0 Å². The van der Waals surface area contributed by atoms with E-state index in [0.717, 1.165) is 10.8 Å². The van der Waals surface area contributed by atoms with Gasteiger partial charge >= 0.3 is 0 Å². The van der Waals surface area contributed by atoms with Crippen LogP contribution in [0.15, 0.2) is 40.2 Å². The summed E-state index contributed by atoms with van der Waals surface area (Å²) >= 11 is 5.86. The van der Waals surface area contributed by atoms with Crippen LogP contribution in [0.2, 0.25) is 5.02 Å². The maximum absolute atomic E-state index is 12.0. The van der Waals surface area contributed by atoms with Gasteiger partial charge in [0.1, 0.15) is 5.58 Å². The van der Waals surface area contributed by atoms with E-state index in [9.17, 15) is 13.2 Å². The summed E-state index contributed by atoms with van der Waals surface area (Å²) in [6.45, 7) is 0. The molecule has 0 radical (unpaired) electrons. The van der Waals surface area contributed by atoms with Gasteiger partial charge in [0.05, 0.1) is 11.8 Å². The molecule has 2 aromatic rings. The van der Waals surface area contributed by atoms with Gasteiger partial charge in [0.15, 0.2) is 15.6 Å². The van der Waals surface area contributed by atoms with Crippen molar-refractivity contribution < 1.29 is 17.6 Å². The molecule has 1 aromatic heterocycles. The van der Waals surface area contributed by atoms with Crippen molar-refractivity contribution in [1.29, 1.82) is 0 Å². The third-order valence-electron chi connectivity index (χ3n) is 2.95. The van der Waals surface area contributed by atoms with Gasteiger partial charge in [-0.2, -0.15) is 0 Å². The lowest BCUT2D eigenvalue weighted by atomic mass is 10.2. The molecule has 7 heteroatoms. The molecule has 0 saturated carbocycles. The monoisotopic (exact) mass is 311 g/mol. The Hall–Kier alpha value is -1.79. The first-order valence-corrected chi connectivity index (χ1v) is 7.93. The summed E-state index contributed by atoms with van der Waals surface area (Å²) in [5, 5.41) is 4.97. The van der Waals surface area contributed by atoms with Crippen LogP contribution < -0.4 is 5.32 Å². The highest BCUT2D eigenvalue weighted by Crippen LogP contribution is 2.23. The van der Waals surface area contributed by atoms with E-state index in [2.05, 4.69) is 5.32 Å². The van der Waals surface area contributed by atoms with Gasteiger partial charge in [-0.3, -0.25) is 4.79 Å². The SMILES string of the molecule is O=C(NC1C=CS(=O)(=O)C1)c1cc2cc(Cl)ccc2o1. The predicted octanol–water partition coefficient (Wildman–Crippen LogP) is 2.13. The van der Waals surface area contributed by atoms with Crippen LogP contribution in [-0.2, 0) is 9.84 Å².